The SMILES string of the molecule is CCCOc1ccccc1C(=O)NNC(=O)COc1c(Cl)cc(Cl)cc1Br. The van der Waals surface area contributed by atoms with Crippen molar-refractivity contribution in [1.29, 1.82) is 0 Å². The number of carbonyl (C=O) groups excluding carboxylic acids is 2. The average Bonchev–Trinajstić information content (AvgIpc) is 2.63. The summed E-state index contributed by atoms with van der Waals surface area (Å²) in [5.74, 6) is -0.339. The number of hydrogen-bond acceptors (Lipinski definition) is 4. The molecule has 0 atom stereocenters. The Balaban J connectivity index is 1.90. The van der Waals surface area contributed by atoms with E-state index in [1.165, 1.54) is 6.07 Å². The van der Waals surface area contributed by atoms with Crippen LogP contribution in [0, 0.1) is 0 Å². The Labute approximate surface area is 175 Å². The summed E-state index contributed by atoms with van der Waals surface area (Å²) in [5.41, 5.74) is 4.92. The number of amides is 2. The van der Waals surface area contributed by atoms with Crippen molar-refractivity contribution in [2.45, 2.75) is 13.3 Å². The first-order valence-corrected chi connectivity index (χ1v) is 9.55. The minimum Gasteiger partial charge on any atom is -0.493 e. The fourth-order valence-electron chi connectivity index (χ4n) is 2.03. The second kappa shape index (κ2) is 10.4. The smallest absolute Gasteiger partial charge is 0.276 e. The number of benzene rings is 2. The van der Waals surface area contributed by atoms with Crippen molar-refractivity contribution in [1.82, 2.24) is 10.9 Å². The summed E-state index contributed by atoms with van der Waals surface area (Å²) in [4.78, 5) is 24.2. The topological polar surface area (TPSA) is 76.7 Å². The van der Waals surface area contributed by atoms with Crippen molar-refractivity contribution in [2.24, 2.45) is 0 Å². The van der Waals surface area contributed by atoms with Gasteiger partial charge in [-0.15, -0.1) is 0 Å². The molecule has 0 aromatic heterocycles. The first kappa shape index (κ1) is 21.3. The third-order valence-electron chi connectivity index (χ3n) is 3.22. The molecule has 2 aromatic carbocycles. The van der Waals surface area contributed by atoms with E-state index in [9.17, 15) is 9.59 Å². The molecule has 6 nitrogen and oxygen atoms in total. The number of ether oxygens (including phenoxy) is 2. The fraction of sp³-hybridized carbons (Fsp3) is 0.222. The monoisotopic (exact) mass is 474 g/mol. The van der Waals surface area contributed by atoms with E-state index >= 15 is 0 Å². The molecule has 0 spiro atoms. The molecule has 0 fully saturated rings. The Morgan fingerprint density at radius 3 is 2.56 bits per heavy atom. The van der Waals surface area contributed by atoms with E-state index in [-0.39, 0.29) is 17.4 Å². The molecule has 0 saturated heterocycles. The van der Waals surface area contributed by atoms with E-state index < -0.39 is 11.8 Å². The van der Waals surface area contributed by atoms with Gasteiger partial charge in [0, 0.05) is 5.02 Å². The highest BCUT2D eigenvalue weighted by Gasteiger charge is 2.14. The van der Waals surface area contributed by atoms with Crippen LogP contribution in [0.25, 0.3) is 0 Å². The maximum Gasteiger partial charge on any atom is 0.276 e. The van der Waals surface area contributed by atoms with Gasteiger partial charge >= 0.3 is 0 Å². The second-order valence-corrected chi connectivity index (χ2v) is 7.03. The van der Waals surface area contributed by atoms with Gasteiger partial charge < -0.3 is 9.47 Å². The molecule has 2 aromatic rings. The highest BCUT2D eigenvalue weighted by Crippen LogP contribution is 2.35. The number of nitrogens with one attached hydrogen (secondary N) is 2. The van der Waals surface area contributed by atoms with Crippen molar-refractivity contribution in [3.63, 3.8) is 0 Å². The lowest BCUT2D eigenvalue weighted by Gasteiger charge is -2.13. The molecule has 0 radical (unpaired) electrons. The quantitative estimate of drug-likeness (QED) is 0.582. The lowest BCUT2D eigenvalue weighted by Crippen LogP contribution is -2.44. The van der Waals surface area contributed by atoms with Gasteiger partial charge in [0.1, 0.15) is 5.75 Å². The van der Waals surface area contributed by atoms with Gasteiger partial charge in [-0.2, -0.15) is 0 Å². The van der Waals surface area contributed by atoms with Gasteiger partial charge in [-0.3, -0.25) is 20.4 Å². The number of halogens is 3. The molecule has 0 aliphatic rings. The molecule has 0 unspecified atom stereocenters. The second-order valence-electron chi connectivity index (χ2n) is 5.33. The molecule has 9 heteroatoms. The summed E-state index contributed by atoms with van der Waals surface area (Å²) in [6.07, 6.45) is 0.812. The number of hydrogen-bond donors (Lipinski definition) is 2. The lowest BCUT2D eigenvalue weighted by molar-refractivity contribution is -0.123. The maximum atomic E-state index is 12.3. The van der Waals surface area contributed by atoms with Gasteiger partial charge in [0.05, 0.1) is 21.7 Å². The molecule has 0 bridgehead atoms. The van der Waals surface area contributed by atoms with Gasteiger partial charge in [0.2, 0.25) is 0 Å². The molecule has 144 valence electrons. The first-order chi connectivity index (χ1) is 12.9. The Hall–Kier alpha value is -1.96. The Kier molecular flexibility index (Phi) is 8.22. The predicted molar refractivity (Wildman–Crippen MR) is 107 cm³/mol. The van der Waals surface area contributed by atoms with Crippen molar-refractivity contribution in [3.05, 3.63) is 56.5 Å². The third-order valence-corrected chi connectivity index (χ3v) is 4.31. The molecular formula is C18H17BrCl2N2O4. The van der Waals surface area contributed by atoms with E-state index in [1.54, 1.807) is 30.3 Å². The van der Waals surface area contributed by atoms with Crippen LogP contribution in [-0.2, 0) is 4.79 Å². The van der Waals surface area contributed by atoms with Crippen molar-refractivity contribution in [3.8, 4) is 11.5 Å². The summed E-state index contributed by atoms with van der Waals surface area (Å²) in [6, 6.07) is 9.86. The summed E-state index contributed by atoms with van der Waals surface area (Å²) in [6.45, 7) is 2.10. The number of carbonyl (C=O) groups is 2. The molecule has 0 aliphatic heterocycles. The maximum absolute atomic E-state index is 12.3. The van der Waals surface area contributed by atoms with Gasteiger partial charge in [-0.1, -0.05) is 42.3 Å². The number of hydrazine groups is 1. The van der Waals surface area contributed by atoms with Gasteiger partial charge in [0.15, 0.2) is 12.4 Å². The van der Waals surface area contributed by atoms with Gasteiger partial charge in [-0.25, -0.2) is 0 Å². The summed E-state index contributed by atoms with van der Waals surface area (Å²) in [7, 11) is 0. The van der Waals surface area contributed by atoms with E-state index in [1.807, 2.05) is 6.92 Å². The lowest BCUT2D eigenvalue weighted by atomic mass is 10.2. The zero-order valence-electron chi connectivity index (χ0n) is 14.4. The molecular weight excluding hydrogens is 459 g/mol. The minimum absolute atomic E-state index is 0.258. The predicted octanol–water partition coefficient (Wildman–Crippen LogP) is 4.38. The van der Waals surface area contributed by atoms with Crippen molar-refractivity contribution >= 4 is 50.9 Å². The van der Waals surface area contributed by atoms with Crippen LogP contribution in [0.15, 0.2) is 40.9 Å². The highest BCUT2D eigenvalue weighted by atomic mass is 79.9. The van der Waals surface area contributed by atoms with E-state index in [0.29, 0.717) is 27.4 Å². The van der Waals surface area contributed by atoms with Crippen LogP contribution in [0.3, 0.4) is 0 Å². The van der Waals surface area contributed by atoms with E-state index in [2.05, 4.69) is 26.8 Å². The van der Waals surface area contributed by atoms with Crippen LogP contribution in [0.5, 0.6) is 11.5 Å². The molecule has 27 heavy (non-hydrogen) atoms. The molecule has 0 saturated carbocycles. The van der Waals surface area contributed by atoms with Crippen LogP contribution in [0.1, 0.15) is 23.7 Å². The van der Waals surface area contributed by atoms with Gasteiger partial charge in [-0.05, 0) is 46.6 Å². The van der Waals surface area contributed by atoms with Crippen molar-refractivity contribution < 1.29 is 19.1 Å². The molecule has 2 amide bonds. The van der Waals surface area contributed by atoms with Crippen LogP contribution < -0.4 is 20.3 Å². The standard InChI is InChI=1S/C18H17BrCl2N2O4/c1-2-7-26-15-6-4-3-5-12(15)18(25)23-22-16(24)10-27-17-13(19)8-11(20)9-14(17)21/h3-6,8-9H,2,7,10H2,1H3,(H,22,24)(H,23,25). The van der Waals surface area contributed by atoms with Crippen LogP contribution >= 0.6 is 39.1 Å². The first-order valence-electron chi connectivity index (χ1n) is 8.00. The molecule has 0 heterocycles. The van der Waals surface area contributed by atoms with E-state index in [0.717, 1.165) is 6.42 Å². The summed E-state index contributed by atoms with van der Waals surface area (Å²) < 4.78 is 11.4. The van der Waals surface area contributed by atoms with Gasteiger partial charge in [0.25, 0.3) is 11.8 Å². The Bertz CT molecular complexity index is 810. The van der Waals surface area contributed by atoms with Crippen molar-refractivity contribution in [2.75, 3.05) is 13.2 Å². The number of para-hydroxylation sites is 1. The normalized spacial score (nSPS) is 10.2. The Morgan fingerprint density at radius 1 is 1.11 bits per heavy atom. The average molecular weight is 476 g/mol. The zero-order chi connectivity index (χ0) is 19.8. The largest absolute Gasteiger partial charge is 0.493 e. The highest BCUT2D eigenvalue weighted by molar-refractivity contribution is 9.10. The molecule has 2 rings (SSSR count). The third kappa shape index (κ3) is 6.30. The molecule has 0 aliphatic carbocycles. The van der Waals surface area contributed by atoms with Crippen LogP contribution in [-0.4, -0.2) is 25.0 Å². The van der Waals surface area contributed by atoms with Crippen LogP contribution in [0.4, 0.5) is 0 Å². The Morgan fingerprint density at radius 2 is 1.85 bits per heavy atom. The fourth-order valence-corrected chi connectivity index (χ4v) is 3.40. The zero-order valence-corrected chi connectivity index (χ0v) is 17.5. The summed E-state index contributed by atoms with van der Waals surface area (Å²) in [5, 5.41) is 0.688. The summed E-state index contributed by atoms with van der Waals surface area (Å²) >= 11 is 15.2. The number of rotatable bonds is 7. The molecule has 2 N–H and O–H groups in total. The minimum atomic E-state index is -0.562. The van der Waals surface area contributed by atoms with E-state index in [4.69, 9.17) is 32.7 Å². The van der Waals surface area contributed by atoms with Crippen LogP contribution in [0.2, 0.25) is 10.0 Å².